The number of benzene rings is 1. The fourth-order valence-corrected chi connectivity index (χ4v) is 2.93. The normalized spacial score (nSPS) is 12.1. The van der Waals surface area contributed by atoms with Crippen molar-refractivity contribution < 1.29 is 4.79 Å². The maximum Gasteiger partial charge on any atom is 0.251 e. The molecular weight excluding hydrogens is 326 g/mol. The van der Waals surface area contributed by atoms with Crippen LogP contribution < -0.4 is 5.32 Å². The number of aryl methyl sites for hydroxylation is 2. The van der Waals surface area contributed by atoms with Gasteiger partial charge >= 0.3 is 0 Å². The number of aromatic nitrogens is 4. The highest BCUT2D eigenvalue weighted by molar-refractivity contribution is 5.94. The summed E-state index contributed by atoms with van der Waals surface area (Å²) in [4.78, 5) is 12.3. The van der Waals surface area contributed by atoms with Crippen LogP contribution in [0.2, 0.25) is 0 Å². The summed E-state index contributed by atoms with van der Waals surface area (Å²) in [5, 5.41) is 11.7. The maximum absolute atomic E-state index is 12.3. The molecule has 0 spiro atoms. The first-order valence-electron chi connectivity index (χ1n) is 8.87. The molecule has 136 valence electrons. The lowest BCUT2D eigenvalue weighted by atomic mass is 10.1. The molecule has 6 heteroatoms. The summed E-state index contributed by atoms with van der Waals surface area (Å²) in [5.74, 6) is 0.256. The summed E-state index contributed by atoms with van der Waals surface area (Å²) < 4.78 is 3.85. The summed E-state index contributed by atoms with van der Waals surface area (Å²) in [5.41, 5.74) is 3.96. The van der Waals surface area contributed by atoms with Gasteiger partial charge in [0, 0.05) is 36.7 Å². The van der Waals surface area contributed by atoms with Crippen LogP contribution in [0.3, 0.4) is 0 Å². The SMILES string of the molecule is Cc1cc(C)n(CC(C)CNC(=O)c2ccc(Cn3cccn3)cc2)n1. The summed E-state index contributed by atoms with van der Waals surface area (Å²) in [7, 11) is 0. The largest absolute Gasteiger partial charge is 0.352 e. The van der Waals surface area contributed by atoms with Crippen molar-refractivity contribution in [3.8, 4) is 0 Å². The quantitative estimate of drug-likeness (QED) is 0.712. The molecule has 0 aliphatic carbocycles. The van der Waals surface area contributed by atoms with E-state index < -0.39 is 0 Å². The third-order valence-corrected chi connectivity index (χ3v) is 4.32. The van der Waals surface area contributed by atoms with Gasteiger partial charge in [0.1, 0.15) is 0 Å². The van der Waals surface area contributed by atoms with Gasteiger partial charge < -0.3 is 5.32 Å². The molecule has 2 aromatic heterocycles. The standard InChI is InChI=1S/C20H25N5O/c1-15(13-25-17(3)11-16(2)23-25)12-21-20(26)19-7-5-18(6-8-19)14-24-10-4-9-22-24/h4-11,15H,12-14H2,1-3H3,(H,21,26). The topological polar surface area (TPSA) is 64.7 Å². The van der Waals surface area contributed by atoms with E-state index in [4.69, 9.17) is 0 Å². The fraction of sp³-hybridized carbons (Fsp3) is 0.350. The smallest absolute Gasteiger partial charge is 0.251 e. The molecule has 0 aliphatic heterocycles. The van der Waals surface area contributed by atoms with Gasteiger partial charge in [0.2, 0.25) is 0 Å². The molecule has 3 aromatic rings. The molecule has 0 bridgehead atoms. The summed E-state index contributed by atoms with van der Waals surface area (Å²) >= 11 is 0. The van der Waals surface area contributed by atoms with Crippen LogP contribution in [0, 0.1) is 19.8 Å². The number of nitrogens with one attached hydrogen (secondary N) is 1. The number of amides is 1. The zero-order chi connectivity index (χ0) is 18.5. The van der Waals surface area contributed by atoms with Crippen LogP contribution in [0.15, 0.2) is 48.8 Å². The van der Waals surface area contributed by atoms with Crippen molar-refractivity contribution in [2.45, 2.75) is 33.9 Å². The Bertz CT molecular complexity index is 849. The Morgan fingerprint density at radius 2 is 2.00 bits per heavy atom. The van der Waals surface area contributed by atoms with Crippen LogP contribution in [0.4, 0.5) is 0 Å². The summed E-state index contributed by atoms with van der Waals surface area (Å²) in [6.07, 6.45) is 3.68. The lowest BCUT2D eigenvalue weighted by Gasteiger charge is -2.14. The Balaban J connectivity index is 1.50. The second kappa shape index (κ2) is 7.99. The first-order valence-corrected chi connectivity index (χ1v) is 8.87. The average Bonchev–Trinajstić information content (AvgIpc) is 3.23. The van der Waals surface area contributed by atoms with Crippen molar-refractivity contribution in [2.24, 2.45) is 5.92 Å². The van der Waals surface area contributed by atoms with Gasteiger partial charge in [0.15, 0.2) is 0 Å². The summed E-state index contributed by atoms with van der Waals surface area (Å²) in [6, 6.07) is 11.6. The molecule has 0 saturated carbocycles. The average molecular weight is 351 g/mol. The van der Waals surface area contributed by atoms with Crippen molar-refractivity contribution in [2.75, 3.05) is 6.54 Å². The predicted octanol–water partition coefficient (Wildman–Crippen LogP) is 2.81. The van der Waals surface area contributed by atoms with Crippen molar-refractivity contribution in [1.82, 2.24) is 24.9 Å². The lowest BCUT2D eigenvalue weighted by Crippen LogP contribution is -2.30. The van der Waals surface area contributed by atoms with Gasteiger partial charge in [-0.3, -0.25) is 14.2 Å². The number of nitrogens with zero attached hydrogens (tertiary/aromatic N) is 4. The Kier molecular flexibility index (Phi) is 5.51. The Morgan fingerprint density at radius 3 is 2.62 bits per heavy atom. The van der Waals surface area contributed by atoms with E-state index in [0.29, 0.717) is 24.6 Å². The van der Waals surface area contributed by atoms with Gasteiger partial charge in [0.05, 0.1) is 12.2 Å². The zero-order valence-corrected chi connectivity index (χ0v) is 15.5. The third kappa shape index (κ3) is 4.59. The molecule has 1 N–H and O–H groups in total. The monoisotopic (exact) mass is 351 g/mol. The van der Waals surface area contributed by atoms with Crippen molar-refractivity contribution in [3.05, 3.63) is 71.3 Å². The molecule has 2 heterocycles. The van der Waals surface area contributed by atoms with Gasteiger partial charge in [0.25, 0.3) is 5.91 Å². The molecular formula is C20H25N5O. The highest BCUT2D eigenvalue weighted by Crippen LogP contribution is 2.08. The van der Waals surface area contributed by atoms with Crippen molar-refractivity contribution in [3.63, 3.8) is 0 Å². The van der Waals surface area contributed by atoms with Crippen LogP contribution in [-0.4, -0.2) is 32.0 Å². The van der Waals surface area contributed by atoms with Crippen LogP contribution in [-0.2, 0) is 13.1 Å². The molecule has 0 aliphatic rings. The minimum absolute atomic E-state index is 0.0455. The van der Waals surface area contributed by atoms with E-state index in [1.165, 1.54) is 0 Å². The predicted molar refractivity (Wildman–Crippen MR) is 101 cm³/mol. The van der Waals surface area contributed by atoms with Crippen LogP contribution in [0.1, 0.15) is 34.2 Å². The van der Waals surface area contributed by atoms with Crippen LogP contribution >= 0.6 is 0 Å². The van der Waals surface area contributed by atoms with E-state index >= 15 is 0 Å². The van der Waals surface area contributed by atoms with Crippen LogP contribution in [0.5, 0.6) is 0 Å². The number of carbonyl (C=O) groups excluding carboxylic acids is 1. The lowest BCUT2D eigenvalue weighted by molar-refractivity contribution is 0.0946. The molecule has 1 aromatic carbocycles. The highest BCUT2D eigenvalue weighted by Gasteiger charge is 2.10. The van der Waals surface area contributed by atoms with Crippen LogP contribution in [0.25, 0.3) is 0 Å². The first-order chi connectivity index (χ1) is 12.5. The van der Waals surface area contributed by atoms with Gasteiger partial charge in [-0.2, -0.15) is 10.2 Å². The van der Waals surface area contributed by atoms with Gasteiger partial charge in [-0.1, -0.05) is 19.1 Å². The maximum atomic E-state index is 12.3. The van der Waals surface area contributed by atoms with E-state index in [-0.39, 0.29) is 5.91 Å². The Labute approximate surface area is 153 Å². The molecule has 26 heavy (non-hydrogen) atoms. The number of hydrogen-bond donors (Lipinski definition) is 1. The van der Waals surface area contributed by atoms with E-state index in [9.17, 15) is 4.79 Å². The minimum Gasteiger partial charge on any atom is -0.352 e. The number of hydrogen-bond acceptors (Lipinski definition) is 3. The highest BCUT2D eigenvalue weighted by atomic mass is 16.1. The first kappa shape index (κ1) is 17.9. The van der Waals surface area contributed by atoms with E-state index in [0.717, 1.165) is 23.5 Å². The molecule has 1 unspecified atom stereocenters. The van der Waals surface area contributed by atoms with Crippen molar-refractivity contribution in [1.29, 1.82) is 0 Å². The molecule has 3 rings (SSSR count). The van der Waals surface area contributed by atoms with Gasteiger partial charge in [-0.25, -0.2) is 0 Å². The molecule has 0 saturated heterocycles. The minimum atomic E-state index is -0.0455. The molecule has 6 nitrogen and oxygen atoms in total. The second-order valence-corrected chi connectivity index (χ2v) is 6.82. The van der Waals surface area contributed by atoms with Gasteiger partial charge in [-0.15, -0.1) is 0 Å². The second-order valence-electron chi connectivity index (χ2n) is 6.82. The molecule has 1 amide bonds. The molecule has 0 radical (unpaired) electrons. The van der Waals surface area contributed by atoms with E-state index in [1.807, 2.05) is 52.8 Å². The van der Waals surface area contributed by atoms with E-state index in [1.54, 1.807) is 6.20 Å². The molecule has 1 atom stereocenters. The molecule has 0 fully saturated rings. The fourth-order valence-electron chi connectivity index (χ4n) is 2.93. The summed E-state index contributed by atoms with van der Waals surface area (Å²) in [6.45, 7) is 8.27. The zero-order valence-electron chi connectivity index (χ0n) is 15.5. The van der Waals surface area contributed by atoms with E-state index in [2.05, 4.69) is 35.4 Å². The number of carbonyl (C=O) groups is 1. The Hall–Kier alpha value is -2.89. The Morgan fingerprint density at radius 1 is 1.23 bits per heavy atom. The number of rotatable bonds is 7. The van der Waals surface area contributed by atoms with Crippen molar-refractivity contribution >= 4 is 5.91 Å². The third-order valence-electron chi connectivity index (χ3n) is 4.32. The van der Waals surface area contributed by atoms with Gasteiger partial charge in [-0.05, 0) is 49.6 Å².